The average Bonchev–Trinajstić information content (AvgIpc) is 3.26. The van der Waals surface area contributed by atoms with Gasteiger partial charge in [0.25, 0.3) is 11.8 Å². The predicted octanol–water partition coefficient (Wildman–Crippen LogP) is 3.92. The van der Waals surface area contributed by atoms with E-state index in [4.69, 9.17) is 30.5 Å². The van der Waals surface area contributed by atoms with E-state index in [1.807, 2.05) is 13.8 Å². The molecule has 0 aliphatic carbocycles. The van der Waals surface area contributed by atoms with Crippen molar-refractivity contribution >= 4 is 41.2 Å². The number of urea groups is 1. The van der Waals surface area contributed by atoms with Gasteiger partial charge in [0.1, 0.15) is 5.57 Å². The van der Waals surface area contributed by atoms with Crippen molar-refractivity contribution < 1.29 is 33.3 Å². The van der Waals surface area contributed by atoms with Crippen molar-refractivity contribution in [3.05, 3.63) is 46.5 Å². The third kappa shape index (κ3) is 4.31. The van der Waals surface area contributed by atoms with E-state index in [-0.39, 0.29) is 29.2 Å². The van der Waals surface area contributed by atoms with E-state index < -0.39 is 17.8 Å². The maximum atomic E-state index is 13.2. The summed E-state index contributed by atoms with van der Waals surface area (Å²) in [6.45, 7) is 3.92. The fourth-order valence-corrected chi connectivity index (χ4v) is 3.57. The number of methoxy groups -OCH3 is 1. The number of hydrogen-bond donors (Lipinski definition) is 1. The van der Waals surface area contributed by atoms with Gasteiger partial charge in [0.2, 0.25) is 6.79 Å². The van der Waals surface area contributed by atoms with Gasteiger partial charge >= 0.3 is 6.03 Å². The van der Waals surface area contributed by atoms with E-state index in [0.29, 0.717) is 28.6 Å². The molecule has 0 bridgehead atoms. The van der Waals surface area contributed by atoms with Gasteiger partial charge in [-0.1, -0.05) is 18.5 Å². The molecule has 1 fully saturated rings. The van der Waals surface area contributed by atoms with Crippen LogP contribution in [0.3, 0.4) is 0 Å². The van der Waals surface area contributed by atoms with Crippen LogP contribution in [0.2, 0.25) is 5.02 Å². The van der Waals surface area contributed by atoms with Crippen LogP contribution in [0, 0.1) is 0 Å². The molecule has 0 spiro atoms. The summed E-state index contributed by atoms with van der Waals surface area (Å²) in [5.41, 5.74) is 0.404. The molecule has 9 nitrogen and oxygen atoms in total. The van der Waals surface area contributed by atoms with Crippen molar-refractivity contribution in [2.24, 2.45) is 0 Å². The molecule has 2 aliphatic heterocycles. The Labute approximate surface area is 194 Å². The zero-order valence-electron chi connectivity index (χ0n) is 18.1. The molecule has 2 heterocycles. The number of rotatable bonds is 6. The molecule has 1 atom stereocenters. The maximum absolute atomic E-state index is 13.2. The summed E-state index contributed by atoms with van der Waals surface area (Å²) in [7, 11) is 1.46. The number of benzene rings is 2. The van der Waals surface area contributed by atoms with Crippen LogP contribution in [0.1, 0.15) is 25.8 Å². The SMILES string of the molecule is CC[C@@H](C)Oc1c(Cl)cc(/C=C2\C(=O)NC(=O)N(c3ccc4c(c3)OCO4)C2=O)cc1OC. The van der Waals surface area contributed by atoms with Gasteiger partial charge < -0.3 is 18.9 Å². The van der Waals surface area contributed by atoms with Crippen LogP contribution < -0.4 is 29.2 Å². The number of carbonyl (C=O) groups is 3. The monoisotopic (exact) mass is 472 g/mol. The van der Waals surface area contributed by atoms with E-state index in [0.717, 1.165) is 11.3 Å². The first-order chi connectivity index (χ1) is 15.8. The third-order valence-corrected chi connectivity index (χ3v) is 5.45. The second-order valence-electron chi connectivity index (χ2n) is 7.37. The van der Waals surface area contributed by atoms with Crippen molar-refractivity contribution in [1.82, 2.24) is 5.32 Å². The zero-order chi connectivity index (χ0) is 23.7. The molecule has 172 valence electrons. The molecule has 2 aliphatic rings. The fraction of sp³-hybridized carbons (Fsp3) is 0.261. The number of halogens is 1. The van der Waals surface area contributed by atoms with Crippen LogP contribution in [0.4, 0.5) is 10.5 Å². The lowest BCUT2D eigenvalue weighted by Crippen LogP contribution is -2.54. The van der Waals surface area contributed by atoms with E-state index in [9.17, 15) is 14.4 Å². The number of nitrogens with one attached hydrogen (secondary N) is 1. The number of imide groups is 2. The van der Waals surface area contributed by atoms with Crippen LogP contribution in [-0.4, -0.2) is 37.9 Å². The lowest BCUT2D eigenvalue weighted by Gasteiger charge is -2.26. The van der Waals surface area contributed by atoms with Gasteiger partial charge in [-0.15, -0.1) is 0 Å². The highest BCUT2D eigenvalue weighted by Crippen LogP contribution is 2.39. The highest BCUT2D eigenvalue weighted by Gasteiger charge is 2.37. The molecule has 1 saturated heterocycles. The molecule has 0 radical (unpaired) electrons. The van der Waals surface area contributed by atoms with Gasteiger partial charge in [-0.25, -0.2) is 9.69 Å². The standard InChI is InChI=1S/C23H21ClN2O7/c1-4-12(2)33-20-16(24)8-13(9-19(20)30-3)7-15-21(27)25-23(29)26(22(15)28)14-5-6-17-18(10-14)32-11-31-17/h5-10,12H,4,11H2,1-3H3,(H,25,27,29)/b15-7+/t12-/m1/s1. The third-order valence-electron chi connectivity index (χ3n) is 5.17. The largest absolute Gasteiger partial charge is 0.493 e. The Morgan fingerprint density at radius 1 is 1.18 bits per heavy atom. The molecule has 0 aromatic heterocycles. The molecular formula is C23H21ClN2O7. The van der Waals surface area contributed by atoms with Gasteiger partial charge in [-0.3, -0.25) is 14.9 Å². The van der Waals surface area contributed by atoms with E-state index in [2.05, 4.69) is 5.32 Å². The second-order valence-corrected chi connectivity index (χ2v) is 7.77. The van der Waals surface area contributed by atoms with E-state index >= 15 is 0 Å². The highest BCUT2D eigenvalue weighted by atomic mass is 35.5. The molecule has 2 aromatic rings. The Morgan fingerprint density at radius 3 is 2.67 bits per heavy atom. The molecule has 2 aromatic carbocycles. The minimum Gasteiger partial charge on any atom is -0.493 e. The maximum Gasteiger partial charge on any atom is 0.335 e. The Morgan fingerprint density at radius 2 is 1.94 bits per heavy atom. The van der Waals surface area contributed by atoms with Gasteiger partial charge in [-0.2, -0.15) is 0 Å². The summed E-state index contributed by atoms with van der Waals surface area (Å²) in [4.78, 5) is 39.0. The fourth-order valence-electron chi connectivity index (χ4n) is 3.30. The zero-order valence-corrected chi connectivity index (χ0v) is 18.9. The normalized spacial score (nSPS) is 17.3. The topological polar surface area (TPSA) is 103 Å². The van der Waals surface area contributed by atoms with Gasteiger partial charge in [0.15, 0.2) is 23.0 Å². The van der Waals surface area contributed by atoms with Crippen LogP contribution in [0.25, 0.3) is 6.08 Å². The number of fused-ring (bicyclic) bond motifs is 1. The summed E-state index contributed by atoms with van der Waals surface area (Å²) >= 11 is 6.40. The minimum atomic E-state index is -0.867. The molecular weight excluding hydrogens is 452 g/mol. The molecule has 10 heteroatoms. The van der Waals surface area contributed by atoms with E-state index in [1.54, 1.807) is 18.2 Å². The number of barbiturate groups is 1. The molecule has 33 heavy (non-hydrogen) atoms. The first-order valence-electron chi connectivity index (χ1n) is 10.2. The second kappa shape index (κ2) is 9.03. The Kier molecular flexibility index (Phi) is 6.15. The van der Waals surface area contributed by atoms with Gasteiger partial charge in [-0.05, 0) is 49.2 Å². The van der Waals surface area contributed by atoms with Crippen LogP contribution >= 0.6 is 11.6 Å². The summed E-state index contributed by atoms with van der Waals surface area (Å²) < 4.78 is 21.8. The Balaban J connectivity index is 1.70. The quantitative estimate of drug-likeness (QED) is 0.502. The van der Waals surface area contributed by atoms with Crippen LogP contribution in [-0.2, 0) is 9.59 Å². The number of nitrogens with zero attached hydrogens (tertiary/aromatic N) is 1. The number of ether oxygens (including phenoxy) is 4. The van der Waals surface area contributed by atoms with Crippen molar-refractivity contribution in [3.63, 3.8) is 0 Å². The molecule has 4 amide bonds. The van der Waals surface area contributed by atoms with Crippen molar-refractivity contribution in [2.45, 2.75) is 26.4 Å². The predicted molar refractivity (Wildman–Crippen MR) is 120 cm³/mol. The summed E-state index contributed by atoms with van der Waals surface area (Å²) in [6, 6.07) is 6.88. The highest BCUT2D eigenvalue weighted by molar-refractivity contribution is 6.39. The lowest BCUT2D eigenvalue weighted by molar-refractivity contribution is -0.122. The first kappa shape index (κ1) is 22.5. The summed E-state index contributed by atoms with van der Waals surface area (Å²) in [5, 5.41) is 2.44. The van der Waals surface area contributed by atoms with Gasteiger partial charge in [0, 0.05) is 6.07 Å². The smallest absolute Gasteiger partial charge is 0.335 e. The summed E-state index contributed by atoms with van der Waals surface area (Å²) in [6.07, 6.45) is 2.02. The molecule has 0 saturated carbocycles. The Hall–Kier alpha value is -3.72. The van der Waals surface area contributed by atoms with E-state index in [1.165, 1.54) is 25.3 Å². The number of hydrogen-bond acceptors (Lipinski definition) is 7. The number of anilines is 1. The van der Waals surface area contributed by atoms with Crippen molar-refractivity contribution in [1.29, 1.82) is 0 Å². The minimum absolute atomic E-state index is 0.0436. The van der Waals surface area contributed by atoms with Crippen LogP contribution in [0.15, 0.2) is 35.9 Å². The number of carbonyl (C=O) groups excluding carboxylic acids is 3. The molecule has 4 rings (SSSR count). The Bertz CT molecular complexity index is 1180. The molecule has 0 unspecified atom stereocenters. The first-order valence-corrected chi connectivity index (χ1v) is 10.6. The van der Waals surface area contributed by atoms with Crippen molar-refractivity contribution in [3.8, 4) is 23.0 Å². The molecule has 1 N–H and O–H groups in total. The van der Waals surface area contributed by atoms with Crippen molar-refractivity contribution in [2.75, 3.05) is 18.8 Å². The summed E-state index contributed by atoms with van der Waals surface area (Å²) in [5.74, 6) is -0.00948. The average molecular weight is 473 g/mol. The van der Waals surface area contributed by atoms with Gasteiger partial charge in [0.05, 0.1) is 23.9 Å². The lowest BCUT2D eigenvalue weighted by atomic mass is 10.1. The van der Waals surface area contributed by atoms with Crippen LogP contribution in [0.5, 0.6) is 23.0 Å². The number of amides is 4.